The molecule has 1 nitrogen and oxygen atoms in total. The van der Waals surface area contributed by atoms with E-state index in [1.54, 1.807) is 0 Å². The van der Waals surface area contributed by atoms with Gasteiger partial charge in [-0.3, -0.25) is 0 Å². The van der Waals surface area contributed by atoms with Crippen LogP contribution in [0.25, 0.3) is 0 Å². The first-order valence-corrected chi connectivity index (χ1v) is 7.40. The molecule has 0 radical (unpaired) electrons. The molecule has 1 rings (SSSR count). The predicted octanol–water partition coefficient (Wildman–Crippen LogP) is 4.20. The van der Waals surface area contributed by atoms with Crippen LogP contribution in [-0.2, 0) is 6.42 Å². The summed E-state index contributed by atoms with van der Waals surface area (Å²) >= 11 is 0. The van der Waals surface area contributed by atoms with E-state index in [0.717, 1.165) is 18.4 Å². The van der Waals surface area contributed by atoms with Crippen LogP contribution in [-0.4, -0.2) is 13.6 Å². The molecule has 0 aliphatic carbocycles. The van der Waals surface area contributed by atoms with Gasteiger partial charge in [-0.25, -0.2) is 0 Å². The maximum absolute atomic E-state index is 3.36. The zero-order valence-electron chi connectivity index (χ0n) is 12.5. The van der Waals surface area contributed by atoms with Crippen molar-refractivity contribution in [2.75, 3.05) is 13.6 Å². The third-order valence-electron chi connectivity index (χ3n) is 4.08. The highest BCUT2D eigenvalue weighted by Crippen LogP contribution is 2.23. The minimum atomic E-state index is 0.765. The molecular weight excluding hydrogens is 218 g/mol. The zero-order chi connectivity index (χ0) is 13.4. The van der Waals surface area contributed by atoms with E-state index in [2.05, 4.69) is 57.4 Å². The number of rotatable bonds is 8. The molecular formula is C17H29N. The molecule has 1 heteroatoms. The van der Waals surface area contributed by atoms with Crippen LogP contribution in [0.15, 0.2) is 24.3 Å². The van der Waals surface area contributed by atoms with Gasteiger partial charge in [0, 0.05) is 0 Å². The molecule has 1 aromatic rings. The first kappa shape index (κ1) is 15.2. The highest BCUT2D eigenvalue weighted by molar-refractivity contribution is 5.25. The molecule has 0 fully saturated rings. The molecule has 18 heavy (non-hydrogen) atoms. The molecule has 0 heterocycles. The molecule has 0 spiro atoms. The Balaban J connectivity index is 2.65. The summed E-state index contributed by atoms with van der Waals surface area (Å²) in [4.78, 5) is 0. The van der Waals surface area contributed by atoms with Crippen molar-refractivity contribution in [1.82, 2.24) is 5.32 Å². The Kier molecular flexibility index (Phi) is 7.04. The normalized spacial score (nSPS) is 12.9. The molecule has 1 N–H and O–H groups in total. The molecule has 1 aromatic carbocycles. The van der Waals surface area contributed by atoms with Gasteiger partial charge in [0.25, 0.3) is 0 Å². The molecule has 0 bridgehead atoms. The minimum Gasteiger partial charge on any atom is -0.319 e. The average molecular weight is 247 g/mol. The lowest BCUT2D eigenvalue weighted by atomic mass is 9.86. The minimum absolute atomic E-state index is 0.765. The Hall–Kier alpha value is -0.820. The van der Waals surface area contributed by atoms with Gasteiger partial charge >= 0.3 is 0 Å². The predicted molar refractivity (Wildman–Crippen MR) is 81.0 cm³/mol. The Morgan fingerprint density at radius 1 is 1.06 bits per heavy atom. The van der Waals surface area contributed by atoms with Crippen LogP contribution >= 0.6 is 0 Å². The van der Waals surface area contributed by atoms with E-state index in [0.29, 0.717) is 0 Å². The number of nitrogens with one attached hydrogen (secondary N) is 1. The smallest absolute Gasteiger partial charge is 0.00202 e. The molecule has 1 unspecified atom stereocenters. The summed E-state index contributed by atoms with van der Waals surface area (Å²) in [5, 5.41) is 3.36. The fourth-order valence-electron chi connectivity index (χ4n) is 2.77. The molecule has 1 atom stereocenters. The van der Waals surface area contributed by atoms with Crippen molar-refractivity contribution in [2.45, 2.75) is 46.5 Å². The largest absolute Gasteiger partial charge is 0.319 e. The third-order valence-corrected chi connectivity index (χ3v) is 4.08. The van der Waals surface area contributed by atoms with Crippen molar-refractivity contribution in [2.24, 2.45) is 11.8 Å². The Bertz CT molecular complexity index is 328. The fourth-order valence-corrected chi connectivity index (χ4v) is 2.77. The van der Waals surface area contributed by atoms with Crippen molar-refractivity contribution in [3.05, 3.63) is 35.4 Å². The first-order chi connectivity index (χ1) is 8.71. The second-order valence-corrected chi connectivity index (χ2v) is 5.47. The molecule has 0 saturated carbocycles. The summed E-state index contributed by atoms with van der Waals surface area (Å²) in [5.74, 6) is 1.65. The van der Waals surface area contributed by atoms with Gasteiger partial charge in [-0.05, 0) is 56.3 Å². The van der Waals surface area contributed by atoms with Crippen LogP contribution in [0, 0.1) is 18.8 Å². The number of hydrogen-bond donors (Lipinski definition) is 1. The average Bonchev–Trinajstić information content (AvgIpc) is 2.38. The van der Waals surface area contributed by atoms with Gasteiger partial charge < -0.3 is 5.32 Å². The Morgan fingerprint density at radius 2 is 1.72 bits per heavy atom. The van der Waals surface area contributed by atoms with E-state index >= 15 is 0 Å². The van der Waals surface area contributed by atoms with E-state index in [1.807, 2.05) is 0 Å². The van der Waals surface area contributed by atoms with Crippen molar-refractivity contribution in [3.63, 3.8) is 0 Å². The lowest BCUT2D eigenvalue weighted by Crippen LogP contribution is -2.23. The molecule has 0 aliphatic rings. The van der Waals surface area contributed by atoms with Gasteiger partial charge in [0.1, 0.15) is 0 Å². The highest BCUT2D eigenvalue weighted by atomic mass is 14.8. The van der Waals surface area contributed by atoms with Crippen molar-refractivity contribution >= 4 is 0 Å². The maximum atomic E-state index is 3.36. The lowest BCUT2D eigenvalue weighted by Gasteiger charge is -2.22. The standard InChI is InChI=1S/C17H29N/c1-5-15(6-2)11-16(13-18-4)12-17-10-8-7-9-14(17)3/h7-10,15-16,18H,5-6,11-13H2,1-4H3. The van der Waals surface area contributed by atoms with Crippen molar-refractivity contribution < 1.29 is 0 Å². The van der Waals surface area contributed by atoms with Crippen LogP contribution in [0.3, 0.4) is 0 Å². The summed E-state index contributed by atoms with van der Waals surface area (Å²) in [6.07, 6.45) is 5.18. The summed E-state index contributed by atoms with van der Waals surface area (Å²) in [7, 11) is 2.07. The summed E-state index contributed by atoms with van der Waals surface area (Å²) in [5.41, 5.74) is 2.95. The van der Waals surface area contributed by atoms with Crippen LogP contribution in [0.4, 0.5) is 0 Å². The Labute approximate surface area is 113 Å². The first-order valence-electron chi connectivity index (χ1n) is 7.40. The topological polar surface area (TPSA) is 12.0 Å². The lowest BCUT2D eigenvalue weighted by molar-refractivity contribution is 0.343. The fraction of sp³-hybridized carbons (Fsp3) is 0.647. The Morgan fingerprint density at radius 3 is 2.28 bits per heavy atom. The van der Waals surface area contributed by atoms with Gasteiger partial charge in [0.2, 0.25) is 0 Å². The second kappa shape index (κ2) is 8.31. The highest BCUT2D eigenvalue weighted by Gasteiger charge is 2.15. The third kappa shape index (κ3) is 4.81. The summed E-state index contributed by atoms with van der Waals surface area (Å²) < 4.78 is 0. The van der Waals surface area contributed by atoms with Crippen molar-refractivity contribution in [1.29, 1.82) is 0 Å². The maximum Gasteiger partial charge on any atom is -0.00202 e. The van der Waals surface area contributed by atoms with Gasteiger partial charge in [-0.1, -0.05) is 51.0 Å². The monoisotopic (exact) mass is 247 g/mol. The van der Waals surface area contributed by atoms with E-state index in [4.69, 9.17) is 0 Å². The second-order valence-electron chi connectivity index (χ2n) is 5.47. The summed E-state index contributed by atoms with van der Waals surface area (Å²) in [6, 6.07) is 8.80. The van der Waals surface area contributed by atoms with E-state index in [9.17, 15) is 0 Å². The SMILES string of the molecule is CCC(CC)CC(CNC)Cc1ccccc1C. The summed E-state index contributed by atoms with van der Waals surface area (Å²) in [6.45, 7) is 7.99. The van der Waals surface area contributed by atoms with Crippen molar-refractivity contribution in [3.8, 4) is 0 Å². The van der Waals surface area contributed by atoms with Gasteiger partial charge in [0.15, 0.2) is 0 Å². The van der Waals surface area contributed by atoms with Crippen LogP contribution in [0.2, 0.25) is 0 Å². The van der Waals surface area contributed by atoms with Crippen LogP contribution < -0.4 is 5.32 Å². The zero-order valence-corrected chi connectivity index (χ0v) is 12.5. The van der Waals surface area contributed by atoms with E-state index in [-0.39, 0.29) is 0 Å². The number of hydrogen-bond acceptors (Lipinski definition) is 1. The molecule has 0 aliphatic heterocycles. The molecule has 0 saturated heterocycles. The molecule has 0 aromatic heterocycles. The quantitative estimate of drug-likeness (QED) is 0.726. The van der Waals surface area contributed by atoms with Crippen LogP contribution in [0.5, 0.6) is 0 Å². The van der Waals surface area contributed by atoms with Crippen LogP contribution in [0.1, 0.15) is 44.2 Å². The van der Waals surface area contributed by atoms with Gasteiger partial charge in [-0.15, -0.1) is 0 Å². The van der Waals surface area contributed by atoms with E-state index in [1.165, 1.54) is 36.8 Å². The molecule has 0 amide bonds. The number of aryl methyl sites for hydroxylation is 1. The molecule has 102 valence electrons. The van der Waals surface area contributed by atoms with Gasteiger partial charge in [0.05, 0.1) is 0 Å². The number of benzene rings is 1. The van der Waals surface area contributed by atoms with E-state index < -0.39 is 0 Å². The van der Waals surface area contributed by atoms with Gasteiger partial charge in [-0.2, -0.15) is 0 Å².